The van der Waals surface area contributed by atoms with Gasteiger partial charge < -0.3 is 33.3 Å². The molecule has 18 nitrogen and oxygen atoms in total. The number of anilines is 1. The van der Waals surface area contributed by atoms with Gasteiger partial charge >= 0.3 is 17.9 Å². The van der Waals surface area contributed by atoms with E-state index in [-0.39, 0.29) is 39.2 Å². The number of hydrogen-bond donors (Lipinski definition) is 1. The highest BCUT2D eigenvalue weighted by Gasteiger charge is 2.53. The van der Waals surface area contributed by atoms with Crippen molar-refractivity contribution in [1.82, 2.24) is 19.5 Å². The largest absolute Gasteiger partial charge is 0.467 e. The second-order valence-corrected chi connectivity index (χ2v) is 16.1. The third-order valence-corrected chi connectivity index (χ3v) is 11.8. The Morgan fingerprint density at radius 1 is 0.726 bits per heavy atom. The summed E-state index contributed by atoms with van der Waals surface area (Å²) in [4.78, 5) is 83.0. The number of aliphatic hydroxyl groups is 1. The Balaban J connectivity index is 1.34. The molecule has 1 aliphatic rings. The summed E-state index contributed by atoms with van der Waals surface area (Å²) in [6.45, 7) is -0.673. The Hall–Kier alpha value is -6.95. The van der Waals surface area contributed by atoms with Gasteiger partial charge in [0.1, 0.15) is 18.8 Å². The Kier molecular flexibility index (Phi) is 13.4. The van der Waals surface area contributed by atoms with Crippen LogP contribution in [0.2, 0.25) is 0 Å². The predicted molar refractivity (Wildman–Crippen MR) is 218 cm³/mol. The molecule has 6 aromatic rings. The van der Waals surface area contributed by atoms with Gasteiger partial charge in [-0.15, -0.1) is 0 Å². The van der Waals surface area contributed by atoms with Crippen LogP contribution >= 0.6 is 7.37 Å². The molecule has 0 radical (unpaired) electrons. The minimum Gasteiger partial charge on any atom is -0.467 e. The molecular formula is C43H38N5O13P. The fraction of sp³-hybridized carbons (Fsp3) is 0.209. The van der Waals surface area contributed by atoms with Gasteiger partial charge in [0.2, 0.25) is 5.85 Å². The number of methoxy groups -OCH3 is 1. The summed E-state index contributed by atoms with van der Waals surface area (Å²) in [5, 5.41) is 9.96. The standard InChI is InChI=1S/C43H38N5O13P/c1-56-42(54)43(62(55,26-49)57-2)58-23-31-33(60-40(52)29-19-11-5-12-20-29)34(61-41(53)30-21-13-6-14-22-30)39(59-31)47-25-46-32-35(47)44-24-45-36(32)48(37(50)27-15-7-3-8-16-27)38(51)28-17-9-4-10-18-28/h3-22,24-25,31,33-34,39,43,49H,23,26H2,1-2H3. The number of carbonyl (C=O) groups excluding carboxylic acids is 5. The zero-order chi connectivity index (χ0) is 43.8. The van der Waals surface area contributed by atoms with E-state index < -0.39 is 80.4 Å². The number of nitrogens with zero attached hydrogens (tertiary/aromatic N) is 5. The third-order valence-electron chi connectivity index (χ3n) is 9.75. The molecule has 6 unspecified atom stereocenters. The van der Waals surface area contributed by atoms with Gasteiger partial charge in [0.05, 0.1) is 31.2 Å². The maximum Gasteiger partial charge on any atom is 0.345 e. The first kappa shape index (κ1) is 43.1. The van der Waals surface area contributed by atoms with Gasteiger partial charge in [-0.1, -0.05) is 72.8 Å². The van der Waals surface area contributed by atoms with Gasteiger partial charge in [0.15, 0.2) is 35.4 Å². The highest BCUT2D eigenvalue weighted by molar-refractivity contribution is 7.60. The van der Waals surface area contributed by atoms with E-state index in [1.807, 2.05) is 0 Å². The Morgan fingerprint density at radius 2 is 1.23 bits per heavy atom. The van der Waals surface area contributed by atoms with E-state index >= 15 is 0 Å². The first-order chi connectivity index (χ1) is 30.1. The molecule has 1 aliphatic heterocycles. The lowest BCUT2D eigenvalue weighted by Gasteiger charge is -2.26. The van der Waals surface area contributed by atoms with Crippen LogP contribution in [0.1, 0.15) is 47.7 Å². The molecule has 0 bridgehead atoms. The number of aromatic nitrogens is 4. The van der Waals surface area contributed by atoms with Crippen LogP contribution in [0.4, 0.5) is 5.82 Å². The van der Waals surface area contributed by atoms with Crippen molar-refractivity contribution in [3.63, 3.8) is 0 Å². The minimum atomic E-state index is -4.25. The zero-order valence-corrected chi connectivity index (χ0v) is 33.9. The molecule has 3 heterocycles. The highest BCUT2D eigenvalue weighted by atomic mass is 31.2. The molecule has 0 spiro atoms. The third kappa shape index (κ3) is 8.90. The van der Waals surface area contributed by atoms with Crippen LogP contribution in [0, 0.1) is 0 Å². The first-order valence-electron chi connectivity index (χ1n) is 18.9. The summed E-state index contributed by atoms with van der Waals surface area (Å²) >= 11 is 0. The van der Waals surface area contributed by atoms with Crippen LogP contribution in [0.15, 0.2) is 134 Å². The van der Waals surface area contributed by atoms with Crippen molar-refractivity contribution in [1.29, 1.82) is 0 Å². The maximum absolute atomic E-state index is 14.2. The van der Waals surface area contributed by atoms with Gasteiger partial charge in [0, 0.05) is 18.2 Å². The van der Waals surface area contributed by atoms with Crippen LogP contribution < -0.4 is 4.90 Å². The van der Waals surface area contributed by atoms with Gasteiger partial charge in [-0.05, 0) is 48.5 Å². The first-order valence-corrected chi connectivity index (χ1v) is 20.7. The normalized spacial score (nSPS) is 18.6. The molecule has 7 rings (SSSR count). The fourth-order valence-corrected chi connectivity index (χ4v) is 7.81. The van der Waals surface area contributed by atoms with E-state index in [2.05, 4.69) is 15.0 Å². The number of carbonyl (C=O) groups is 5. The van der Waals surface area contributed by atoms with Crippen LogP contribution in [0.3, 0.4) is 0 Å². The van der Waals surface area contributed by atoms with Crippen molar-refractivity contribution in [2.24, 2.45) is 0 Å². The van der Waals surface area contributed by atoms with E-state index in [9.17, 15) is 33.6 Å². The number of imidazole rings is 1. The smallest absolute Gasteiger partial charge is 0.345 e. The number of fused-ring (bicyclic) bond motifs is 1. The van der Waals surface area contributed by atoms with E-state index in [0.717, 1.165) is 25.4 Å². The quantitative estimate of drug-likeness (QED) is 0.0617. The molecule has 1 N–H and O–H groups in total. The van der Waals surface area contributed by atoms with Crippen molar-refractivity contribution in [3.05, 3.63) is 156 Å². The Morgan fingerprint density at radius 3 is 1.71 bits per heavy atom. The zero-order valence-electron chi connectivity index (χ0n) is 33.0. The number of aliphatic hydroxyl groups excluding tert-OH is 1. The van der Waals surface area contributed by atoms with Gasteiger partial charge in [-0.2, -0.15) is 0 Å². The van der Waals surface area contributed by atoms with Crippen molar-refractivity contribution >= 4 is 54.1 Å². The Labute approximate surface area is 353 Å². The van der Waals surface area contributed by atoms with Gasteiger partial charge in [-0.25, -0.2) is 34.2 Å². The second kappa shape index (κ2) is 19.2. The van der Waals surface area contributed by atoms with E-state index in [0.29, 0.717) is 0 Å². The van der Waals surface area contributed by atoms with Crippen molar-refractivity contribution in [3.8, 4) is 0 Å². The average molecular weight is 864 g/mol. The monoisotopic (exact) mass is 863 g/mol. The van der Waals surface area contributed by atoms with Crippen molar-refractivity contribution < 1.29 is 61.9 Å². The number of amides is 2. The number of rotatable bonds is 15. The topological polar surface area (TPSA) is 225 Å². The Bertz CT molecular complexity index is 2540. The number of esters is 3. The molecule has 0 aliphatic carbocycles. The molecule has 62 heavy (non-hydrogen) atoms. The molecule has 19 heteroatoms. The number of hydrogen-bond acceptors (Lipinski definition) is 16. The molecule has 318 valence electrons. The van der Waals surface area contributed by atoms with Crippen LogP contribution in [0.5, 0.6) is 0 Å². The highest BCUT2D eigenvalue weighted by Crippen LogP contribution is 2.51. The molecule has 4 aromatic carbocycles. The molecule has 6 atom stereocenters. The lowest BCUT2D eigenvalue weighted by molar-refractivity contribution is -0.152. The van der Waals surface area contributed by atoms with E-state index in [1.54, 1.807) is 97.1 Å². The van der Waals surface area contributed by atoms with Crippen molar-refractivity contribution in [2.75, 3.05) is 32.1 Å². The maximum atomic E-state index is 14.2. The van der Waals surface area contributed by atoms with Crippen LogP contribution in [-0.4, -0.2) is 106 Å². The molecule has 2 amide bonds. The molecule has 0 saturated carbocycles. The number of ether oxygens (including phenoxy) is 5. The number of imide groups is 1. The number of benzene rings is 4. The second-order valence-electron chi connectivity index (χ2n) is 13.5. The molecular weight excluding hydrogens is 825 g/mol. The SMILES string of the molecule is COC(=O)C(OCC1OC(n2cnc3c(N(C(=O)c4ccccc4)C(=O)c4ccccc4)ncnc32)C(OC(=O)c2ccccc2)C1OC(=O)c1ccccc1)P(=O)(CO)OC. The summed E-state index contributed by atoms with van der Waals surface area (Å²) in [6.07, 6.45) is -4.67. The minimum absolute atomic E-state index is 0.0150. The van der Waals surface area contributed by atoms with Gasteiger partial charge in [-0.3, -0.25) is 18.7 Å². The molecule has 1 saturated heterocycles. The summed E-state index contributed by atoms with van der Waals surface area (Å²) in [7, 11) is -2.21. The van der Waals surface area contributed by atoms with Crippen LogP contribution in [-0.2, 0) is 37.6 Å². The fourth-order valence-electron chi connectivity index (χ4n) is 6.62. The average Bonchev–Trinajstić information content (AvgIpc) is 3.90. The van der Waals surface area contributed by atoms with Crippen molar-refractivity contribution in [2.45, 2.75) is 30.4 Å². The summed E-state index contributed by atoms with van der Waals surface area (Å²) in [5.41, 5.74) is 0.528. The van der Waals surface area contributed by atoms with Crippen LogP contribution in [0.25, 0.3) is 11.2 Å². The molecule has 1 fully saturated rings. The summed E-state index contributed by atoms with van der Waals surface area (Å²) in [5.74, 6) is -6.45. The summed E-state index contributed by atoms with van der Waals surface area (Å²) < 4.78 is 49.0. The lowest BCUT2D eigenvalue weighted by Crippen LogP contribution is -2.42. The van der Waals surface area contributed by atoms with E-state index in [1.165, 1.54) is 35.2 Å². The van der Waals surface area contributed by atoms with E-state index in [4.69, 9.17) is 28.2 Å². The molecule has 2 aromatic heterocycles. The predicted octanol–water partition coefficient (Wildman–Crippen LogP) is 5.05. The lowest BCUT2D eigenvalue weighted by atomic mass is 10.1. The summed E-state index contributed by atoms with van der Waals surface area (Å²) in [6, 6.07) is 32.0. The van der Waals surface area contributed by atoms with Gasteiger partial charge in [0.25, 0.3) is 19.2 Å².